The van der Waals surface area contributed by atoms with Crippen LogP contribution in [0.2, 0.25) is 5.15 Å². The smallest absolute Gasteiger partial charge is 0.191 e. The average molecular weight is 533 g/mol. The number of aromatic nitrogens is 1. The number of ether oxygens (including phenoxy) is 2. The van der Waals surface area contributed by atoms with Gasteiger partial charge in [-0.3, -0.25) is 4.99 Å². The SMILES string of the molecule is CN=C(NCCc1ccc(Cl)nc1)NCc1ccc(C)cc1OCCCOC.I. The minimum atomic E-state index is 0. The number of guanidine groups is 1. The van der Waals surface area contributed by atoms with E-state index < -0.39 is 0 Å². The molecule has 0 fully saturated rings. The van der Waals surface area contributed by atoms with Crippen LogP contribution in [0.25, 0.3) is 0 Å². The Morgan fingerprint density at radius 2 is 2.00 bits per heavy atom. The lowest BCUT2D eigenvalue weighted by Gasteiger charge is -2.15. The zero-order valence-electron chi connectivity index (χ0n) is 17.2. The summed E-state index contributed by atoms with van der Waals surface area (Å²) >= 11 is 5.82. The summed E-state index contributed by atoms with van der Waals surface area (Å²) in [6.07, 6.45) is 3.49. The third kappa shape index (κ3) is 9.64. The maximum absolute atomic E-state index is 5.94. The van der Waals surface area contributed by atoms with Crippen molar-refractivity contribution in [2.24, 2.45) is 4.99 Å². The lowest BCUT2D eigenvalue weighted by Crippen LogP contribution is -2.37. The van der Waals surface area contributed by atoms with Gasteiger partial charge in [0.05, 0.1) is 6.61 Å². The topological polar surface area (TPSA) is 67.8 Å². The monoisotopic (exact) mass is 532 g/mol. The van der Waals surface area contributed by atoms with E-state index in [0.717, 1.165) is 42.2 Å². The molecule has 1 aromatic heterocycles. The second-order valence-corrected chi connectivity index (χ2v) is 6.78. The van der Waals surface area contributed by atoms with Crippen LogP contribution in [0, 0.1) is 6.92 Å². The predicted molar refractivity (Wildman–Crippen MR) is 130 cm³/mol. The summed E-state index contributed by atoms with van der Waals surface area (Å²) in [6, 6.07) is 10.0. The zero-order valence-corrected chi connectivity index (χ0v) is 20.3. The number of methoxy groups -OCH3 is 1. The molecule has 0 saturated carbocycles. The maximum Gasteiger partial charge on any atom is 0.191 e. The molecule has 29 heavy (non-hydrogen) atoms. The Bertz CT molecular complexity index is 757. The second kappa shape index (κ2) is 14.4. The van der Waals surface area contributed by atoms with Gasteiger partial charge in [-0.05, 0) is 36.6 Å². The van der Waals surface area contributed by atoms with Gasteiger partial charge in [0, 0.05) is 52.0 Å². The average Bonchev–Trinajstić information content (AvgIpc) is 2.70. The number of pyridine rings is 1. The third-order valence-electron chi connectivity index (χ3n) is 4.14. The predicted octanol–water partition coefficient (Wildman–Crippen LogP) is 3.98. The van der Waals surface area contributed by atoms with Crippen molar-refractivity contribution >= 4 is 41.5 Å². The van der Waals surface area contributed by atoms with E-state index in [9.17, 15) is 0 Å². The molecular formula is C21H30ClIN4O2. The first-order valence-corrected chi connectivity index (χ1v) is 9.76. The molecule has 0 amide bonds. The number of aryl methyl sites for hydroxylation is 1. The number of nitrogens with zero attached hydrogens (tertiary/aromatic N) is 2. The molecule has 8 heteroatoms. The number of nitrogens with one attached hydrogen (secondary N) is 2. The zero-order chi connectivity index (χ0) is 20.2. The van der Waals surface area contributed by atoms with Crippen molar-refractivity contribution in [3.05, 3.63) is 58.4 Å². The number of halogens is 2. The second-order valence-electron chi connectivity index (χ2n) is 6.40. The Morgan fingerprint density at radius 3 is 2.69 bits per heavy atom. The minimum absolute atomic E-state index is 0. The van der Waals surface area contributed by atoms with Gasteiger partial charge in [0.2, 0.25) is 0 Å². The van der Waals surface area contributed by atoms with Gasteiger partial charge in [-0.2, -0.15) is 0 Å². The standard InChI is InChI=1S/C21H29ClN4O2.HI/c1-16-5-7-18(19(13-16)28-12-4-11-27-3)15-26-21(23-2)24-10-9-17-6-8-20(22)25-14-17;/h5-8,13-14H,4,9-12,15H2,1-3H3,(H2,23,24,26);1H. The minimum Gasteiger partial charge on any atom is -0.493 e. The number of hydrogen-bond acceptors (Lipinski definition) is 4. The summed E-state index contributed by atoms with van der Waals surface area (Å²) in [6.45, 7) is 4.76. The Balaban J connectivity index is 0.00000420. The molecular weight excluding hydrogens is 503 g/mol. The van der Waals surface area contributed by atoms with E-state index in [-0.39, 0.29) is 24.0 Å². The van der Waals surface area contributed by atoms with Gasteiger partial charge < -0.3 is 20.1 Å². The van der Waals surface area contributed by atoms with Gasteiger partial charge in [0.1, 0.15) is 10.9 Å². The van der Waals surface area contributed by atoms with Crippen LogP contribution in [0.15, 0.2) is 41.5 Å². The van der Waals surface area contributed by atoms with Gasteiger partial charge >= 0.3 is 0 Å². The van der Waals surface area contributed by atoms with Gasteiger partial charge in [-0.1, -0.05) is 29.8 Å². The van der Waals surface area contributed by atoms with Crippen molar-refractivity contribution in [2.75, 3.05) is 33.9 Å². The quantitative estimate of drug-likeness (QED) is 0.159. The van der Waals surface area contributed by atoms with Crippen LogP contribution >= 0.6 is 35.6 Å². The first-order valence-electron chi connectivity index (χ1n) is 9.38. The van der Waals surface area contributed by atoms with Crippen LogP contribution in [0.5, 0.6) is 5.75 Å². The van der Waals surface area contributed by atoms with E-state index in [1.165, 1.54) is 5.56 Å². The number of aliphatic imine (C=N–C) groups is 1. The van der Waals surface area contributed by atoms with Crippen molar-refractivity contribution in [1.82, 2.24) is 15.6 Å². The summed E-state index contributed by atoms with van der Waals surface area (Å²) in [7, 11) is 3.46. The van der Waals surface area contributed by atoms with Crippen LogP contribution in [-0.2, 0) is 17.7 Å². The fraction of sp³-hybridized carbons (Fsp3) is 0.429. The Labute approximate surface area is 195 Å². The van der Waals surface area contributed by atoms with Crippen molar-refractivity contribution < 1.29 is 9.47 Å². The molecule has 0 unspecified atom stereocenters. The third-order valence-corrected chi connectivity index (χ3v) is 4.36. The Morgan fingerprint density at radius 1 is 1.17 bits per heavy atom. The number of benzene rings is 1. The molecule has 0 atom stereocenters. The van der Waals surface area contributed by atoms with E-state index in [1.807, 2.05) is 6.07 Å². The molecule has 0 aliphatic carbocycles. The highest BCUT2D eigenvalue weighted by Crippen LogP contribution is 2.20. The highest BCUT2D eigenvalue weighted by atomic mass is 127. The van der Waals surface area contributed by atoms with Crippen LogP contribution in [0.3, 0.4) is 0 Å². The van der Waals surface area contributed by atoms with Crippen LogP contribution in [0.1, 0.15) is 23.1 Å². The van der Waals surface area contributed by atoms with Crippen molar-refractivity contribution in [3.8, 4) is 5.75 Å². The molecule has 0 aliphatic heterocycles. The fourth-order valence-corrected chi connectivity index (χ4v) is 2.72. The van der Waals surface area contributed by atoms with Gasteiger partial charge in [-0.25, -0.2) is 4.98 Å². The van der Waals surface area contributed by atoms with Gasteiger partial charge in [0.15, 0.2) is 5.96 Å². The van der Waals surface area contributed by atoms with E-state index in [0.29, 0.717) is 24.9 Å². The highest BCUT2D eigenvalue weighted by Gasteiger charge is 2.06. The first kappa shape index (κ1) is 25.5. The molecule has 0 saturated heterocycles. The molecule has 0 bridgehead atoms. The Kier molecular flexibility index (Phi) is 12.6. The molecule has 2 rings (SSSR count). The van der Waals surface area contributed by atoms with Gasteiger partial charge in [0.25, 0.3) is 0 Å². The van der Waals surface area contributed by atoms with Crippen molar-refractivity contribution in [2.45, 2.75) is 26.3 Å². The van der Waals surface area contributed by atoms with Crippen LogP contribution < -0.4 is 15.4 Å². The summed E-state index contributed by atoms with van der Waals surface area (Å²) in [5, 5.41) is 7.16. The summed E-state index contributed by atoms with van der Waals surface area (Å²) in [5.41, 5.74) is 3.38. The lowest BCUT2D eigenvalue weighted by atomic mass is 10.1. The molecule has 2 aromatic rings. The lowest BCUT2D eigenvalue weighted by molar-refractivity contribution is 0.172. The molecule has 1 heterocycles. The van der Waals surface area contributed by atoms with E-state index in [1.54, 1.807) is 26.4 Å². The molecule has 0 aliphatic rings. The molecule has 0 radical (unpaired) electrons. The normalized spacial score (nSPS) is 11.0. The molecule has 0 spiro atoms. The first-order chi connectivity index (χ1) is 13.6. The van der Waals surface area contributed by atoms with Gasteiger partial charge in [-0.15, -0.1) is 24.0 Å². The fourth-order valence-electron chi connectivity index (χ4n) is 2.61. The van der Waals surface area contributed by atoms with E-state index >= 15 is 0 Å². The van der Waals surface area contributed by atoms with E-state index in [4.69, 9.17) is 21.1 Å². The molecule has 160 valence electrons. The number of hydrogen-bond donors (Lipinski definition) is 2. The molecule has 2 N–H and O–H groups in total. The van der Waals surface area contributed by atoms with Crippen LogP contribution in [0.4, 0.5) is 0 Å². The summed E-state index contributed by atoms with van der Waals surface area (Å²) in [5.74, 6) is 1.64. The van der Waals surface area contributed by atoms with E-state index in [2.05, 4.69) is 45.7 Å². The van der Waals surface area contributed by atoms with Crippen molar-refractivity contribution in [1.29, 1.82) is 0 Å². The van der Waals surface area contributed by atoms with Crippen molar-refractivity contribution in [3.63, 3.8) is 0 Å². The molecule has 6 nitrogen and oxygen atoms in total. The van der Waals surface area contributed by atoms with Crippen LogP contribution in [-0.4, -0.2) is 44.9 Å². The Hall–Kier alpha value is -1.58. The highest BCUT2D eigenvalue weighted by molar-refractivity contribution is 14.0. The molecule has 1 aromatic carbocycles. The largest absolute Gasteiger partial charge is 0.493 e. The summed E-state index contributed by atoms with van der Waals surface area (Å²) in [4.78, 5) is 8.38. The maximum atomic E-state index is 5.94. The summed E-state index contributed by atoms with van der Waals surface area (Å²) < 4.78 is 11.0. The number of rotatable bonds is 10.